The van der Waals surface area contributed by atoms with Gasteiger partial charge in [-0.1, -0.05) is 12.1 Å². The average molecular weight is 570 g/mol. The van der Waals surface area contributed by atoms with Crippen molar-refractivity contribution in [1.29, 1.82) is 0 Å². The lowest BCUT2D eigenvalue weighted by molar-refractivity contribution is -0.384. The Bertz CT molecular complexity index is 1760. The molecule has 2 aromatic heterocycles. The molecule has 2 N–H and O–H groups in total. The molecule has 0 spiro atoms. The molecule has 0 saturated heterocycles. The third-order valence-electron chi connectivity index (χ3n) is 6.61. The summed E-state index contributed by atoms with van der Waals surface area (Å²) in [5, 5.41) is 26.3. The van der Waals surface area contributed by atoms with Crippen LogP contribution >= 0.6 is 12.2 Å². The minimum absolute atomic E-state index is 0.0376. The Morgan fingerprint density at radius 1 is 1.02 bits per heavy atom. The Balaban J connectivity index is 1.29. The molecule has 12 heteroatoms. The Morgan fingerprint density at radius 2 is 1.71 bits per heavy atom. The number of fused-ring (bicyclic) bond motifs is 1. The van der Waals surface area contributed by atoms with E-state index in [1.54, 1.807) is 23.0 Å². The van der Waals surface area contributed by atoms with E-state index >= 15 is 0 Å². The van der Waals surface area contributed by atoms with Crippen molar-refractivity contribution in [3.8, 4) is 17.0 Å². The molecule has 208 valence electrons. The van der Waals surface area contributed by atoms with Crippen molar-refractivity contribution in [1.82, 2.24) is 20.3 Å². The Kier molecular flexibility index (Phi) is 7.74. The molecule has 5 aromatic rings. The molecule has 0 unspecified atom stereocenters. The van der Waals surface area contributed by atoms with Crippen molar-refractivity contribution in [2.75, 3.05) is 23.3 Å². The molecule has 0 bridgehead atoms. The lowest BCUT2D eigenvalue weighted by Crippen LogP contribution is -2.34. The van der Waals surface area contributed by atoms with Crippen LogP contribution in [0.5, 0.6) is 0 Å². The second-order valence-electron chi connectivity index (χ2n) is 9.18. The quantitative estimate of drug-likeness (QED) is 0.134. The van der Waals surface area contributed by atoms with Gasteiger partial charge in [-0.25, -0.2) is 0 Å². The number of nitrogens with zero attached hydrogens (tertiary/aromatic N) is 5. The van der Waals surface area contributed by atoms with Gasteiger partial charge in [-0.2, -0.15) is 4.80 Å². The molecule has 11 nitrogen and oxygen atoms in total. The number of nitro benzene ring substituents is 1. The molecule has 0 saturated carbocycles. The largest absolute Gasteiger partial charge is 0.451 e. The molecule has 3 aromatic carbocycles. The summed E-state index contributed by atoms with van der Waals surface area (Å²) >= 11 is 5.37. The molecule has 2 heterocycles. The first kappa shape index (κ1) is 27.5. The van der Waals surface area contributed by atoms with Crippen LogP contribution < -0.4 is 15.5 Å². The Labute approximate surface area is 240 Å². The standard InChI is InChI=1S/C29H27N7O4S/c1-4-34(5-2)19-10-12-20(13-11-19)35-32-23-16-18(3)22(17-24(23)33-35)30-29(41)31-28(37)27-15-14-26(40-27)21-8-6-7-9-25(21)36(38)39/h6-17H,4-5H2,1-3H3,(H2,30,31,37,41). The van der Waals surface area contributed by atoms with Gasteiger partial charge in [0.1, 0.15) is 16.8 Å². The summed E-state index contributed by atoms with van der Waals surface area (Å²) in [4.78, 5) is 27.5. The van der Waals surface area contributed by atoms with E-state index in [0.29, 0.717) is 16.7 Å². The molecule has 0 aliphatic rings. The molecule has 0 aliphatic heterocycles. The second kappa shape index (κ2) is 11.6. The lowest BCUT2D eigenvalue weighted by Gasteiger charge is -2.20. The topological polar surface area (TPSA) is 131 Å². The van der Waals surface area contributed by atoms with E-state index in [-0.39, 0.29) is 27.9 Å². The van der Waals surface area contributed by atoms with E-state index < -0.39 is 10.8 Å². The maximum atomic E-state index is 12.8. The molecule has 0 atom stereocenters. The Morgan fingerprint density at radius 3 is 2.39 bits per heavy atom. The highest BCUT2D eigenvalue weighted by molar-refractivity contribution is 7.80. The molecule has 0 fully saturated rings. The number of anilines is 2. The predicted molar refractivity (Wildman–Crippen MR) is 162 cm³/mol. The normalized spacial score (nSPS) is 10.9. The van der Waals surface area contributed by atoms with Gasteiger partial charge < -0.3 is 14.6 Å². The number of carbonyl (C=O) groups is 1. The number of hydrogen-bond acceptors (Lipinski definition) is 8. The molecule has 5 rings (SSSR count). The zero-order valence-electron chi connectivity index (χ0n) is 22.6. The van der Waals surface area contributed by atoms with Crippen molar-refractivity contribution in [3.05, 3.63) is 94.2 Å². The number of thiocarbonyl (C=S) groups is 1. The maximum absolute atomic E-state index is 12.8. The number of aryl methyl sites for hydroxylation is 1. The fraction of sp³-hybridized carbons (Fsp3) is 0.172. The van der Waals surface area contributed by atoms with Crippen LogP contribution in [-0.4, -0.2) is 44.0 Å². The van der Waals surface area contributed by atoms with Crippen molar-refractivity contribution in [2.24, 2.45) is 0 Å². The number of carbonyl (C=O) groups excluding carboxylic acids is 1. The van der Waals surface area contributed by atoms with Crippen LogP contribution in [0.2, 0.25) is 0 Å². The van der Waals surface area contributed by atoms with E-state index in [1.165, 1.54) is 18.2 Å². The number of amides is 1. The SMILES string of the molecule is CCN(CC)c1ccc(-n2nc3cc(C)c(NC(=S)NC(=O)c4ccc(-c5ccccc5[N+](=O)[O-])o4)cc3n2)cc1. The van der Waals surface area contributed by atoms with Gasteiger partial charge in [-0.05, 0) is 93.1 Å². The van der Waals surface area contributed by atoms with Gasteiger partial charge in [0, 0.05) is 30.5 Å². The van der Waals surface area contributed by atoms with Gasteiger partial charge in [0.05, 0.1) is 16.2 Å². The summed E-state index contributed by atoms with van der Waals surface area (Å²) in [6.07, 6.45) is 0. The van der Waals surface area contributed by atoms with Crippen LogP contribution in [0.4, 0.5) is 17.1 Å². The van der Waals surface area contributed by atoms with Crippen LogP contribution in [0.1, 0.15) is 30.0 Å². The smallest absolute Gasteiger partial charge is 0.293 e. The van der Waals surface area contributed by atoms with E-state index in [2.05, 4.69) is 51.7 Å². The number of aromatic nitrogens is 3. The average Bonchev–Trinajstić information content (AvgIpc) is 3.62. The minimum atomic E-state index is -0.592. The summed E-state index contributed by atoms with van der Waals surface area (Å²) < 4.78 is 5.61. The van der Waals surface area contributed by atoms with Crippen LogP contribution in [0, 0.1) is 17.0 Å². The van der Waals surface area contributed by atoms with Crippen LogP contribution in [0.25, 0.3) is 28.0 Å². The third-order valence-corrected chi connectivity index (χ3v) is 6.81. The molecular weight excluding hydrogens is 542 g/mol. The van der Waals surface area contributed by atoms with Crippen LogP contribution in [0.15, 0.2) is 77.2 Å². The van der Waals surface area contributed by atoms with Gasteiger partial charge in [0.15, 0.2) is 10.9 Å². The van der Waals surface area contributed by atoms with E-state index in [1.807, 2.05) is 31.2 Å². The highest BCUT2D eigenvalue weighted by atomic mass is 32.1. The number of nitrogens with one attached hydrogen (secondary N) is 2. The van der Waals surface area contributed by atoms with E-state index in [4.69, 9.17) is 16.6 Å². The third kappa shape index (κ3) is 5.77. The number of rotatable bonds is 8. The molecule has 1 amide bonds. The van der Waals surface area contributed by atoms with E-state index in [9.17, 15) is 14.9 Å². The number of para-hydroxylation sites is 1. The first-order chi connectivity index (χ1) is 19.8. The van der Waals surface area contributed by atoms with Gasteiger partial charge in [0.2, 0.25) is 0 Å². The summed E-state index contributed by atoms with van der Waals surface area (Å²) in [7, 11) is 0. The predicted octanol–water partition coefficient (Wildman–Crippen LogP) is 5.87. The second-order valence-corrected chi connectivity index (χ2v) is 9.59. The zero-order chi connectivity index (χ0) is 29.1. The van der Waals surface area contributed by atoms with Crippen LogP contribution in [-0.2, 0) is 0 Å². The maximum Gasteiger partial charge on any atom is 0.293 e. The van der Waals surface area contributed by atoms with Gasteiger partial charge >= 0.3 is 0 Å². The molecule has 41 heavy (non-hydrogen) atoms. The number of furan rings is 1. The summed E-state index contributed by atoms with van der Waals surface area (Å²) in [6.45, 7) is 8.00. The first-order valence-corrected chi connectivity index (χ1v) is 13.4. The molecule has 0 aliphatic carbocycles. The van der Waals surface area contributed by atoms with Gasteiger partial charge in [-0.3, -0.25) is 20.2 Å². The monoisotopic (exact) mass is 569 g/mol. The zero-order valence-corrected chi connectivity index (χ0v) is 23.4. The number of nitro groups is 1. The molecule has 0 radical (unpaired) electrons. The minimum Gasteiger partial charge on any atom is -0.451 e. The van der Waals surface area contributed by atoms with Crippen LogP contribution in [0.3, 0.4) is 0 Å². The Hall–Kier alpha value is -5.10. The van der Waals surface area contributed by atoms with Crippen molar-refractivity contribution in [2.45, 2.75) is 20.8 Å². The van der Waals surface area contributed by atoms with Gasteiger partial charge in [0.25, 0.3) is 11.6 Å². The summed E-state index contributed by atoms with van der Waals surface area (Å²) in [5.74, 6) is -0.428. The fourth-order valence-corrected chi connectivity index (χ4v) is 4.67. The first-order valence-electron chi connectivity index (χ1n) is 13.0. The number of hydrogen-bond donors (Lipinski definition) is 2. The van der Waals surface area contributed by atoms with E-state index in [0.717, 1.165) is 30.0 Å². The van der Waals surface area contributed by atoms with Crippen molar-refractivity contribution < 1.29 is 14.1 Å². The summed E-state index contributed by atoms with van der Waals surface area (Å²) in [6, 6.07) is 20.9. The lowest BCUT2D eigenvalue weighted by atomic mass is 10.1. The van der Waals surface area contributed by atoms with Gasteiger partial charge in [-0.15, -0.1) is 10.2 Å². The van der Waals surface area contributed by atoms with Crippen molar-refractivity contribution in [3.63, 3.8) is 0 Å². The fourth-order valence-electron chi connectivity index (χ4n) is 4.47. The highest BCUT2D eigenvalue weighted by Gasteiger charge is 2.20. The highest BCUT2D eigenvalue weighted by Crippen LogP contribution is 2.31. The number of benzene rings is 3. The van der Waals surface area contributed by atoms with Crippen molar-refractivity contribution >= 4 is 51.3 Å². The molecular formula is C29H27N7O4S. The summed E-state index contributed by atoms with van der Waals surface area (Å²) in [5.41, 5.74) is 5.02.